The fourth-order valence-electron chi connectivity index (χ4n) is 1.47. The number of hydrogen-bond acceptors (Lipinski definition) is 4. The Kier molecular flexibility index (Phi) is 4.60. The monoisotopic (exact) mass is 260 g/mol. The SMILES string of the molecule is COc1ccc(C(OC)C(=O)O)c(Cl)c1OC. The molecule has 6 heteroatoms. The van der Waals surface area contributed by atoms with E-state index in [2.05, 4.69) is 0 Å². The van der Waals surface area contributed by atoms with Gasteiger partial charge in [-0.25, -0.2) is 4.79 Å². The van der Waals surface area contributed by atoms with Gasteiger partial charge in [-0.05, 0) is 6.07 Å². The first-order chi connectivity index (χ1) is 8.06. The van der Waals surface area contributed by atoms with Crippen LogP contribution in [-0.2, 0) is 9.53 Å². The van der Waals surface area contributed by atoms with E-state index in [-0.39, 0.29) is 10.8 Å². The molecule has 0 radical (unpaired) electrons. The van der Waals surface area contributed by atoms with Crippen molar-refractivity contribution < 1.29 is 24.1 Å². The summed E-state index contributed by atoms with van der Waals surface area (Å²) in [4.78, 5) is 11.0. The Labute approximate surface area is 104 Å². The van der Waals surface area contributed by atoms with Gasteiger partial charge in [-0.15, -0.1) is 0 Å². The largest absolute Gasteiger partial charge is 0.493 e. The number of ether oxygens (including phenoxy) is 3. The van der Waals surface area contributed by atoms with Gasteiger partial charge in [0.2, 0.25) is 0 Å². The quantitative estimate of drug-likeness (QED) is 0.879. The molecule has 0 aliphatic rings. The Morgan fingerprint density at radius 1 is 1.29 bits per heavy atom. The topological polar surface area (TPSA) is 65.0 Å². The maximum absolute atomic E-state index is 11.0. The molecule has 0 heterocycles. The molecule has 0 amide bonds. The average molecular weight is 261 g/mol. The molecule has 0 saturated carbocycles. The number of carbonyl (C=O) groups is 1. The summed E-state index contributed by atoms with van der Waals surface area (Å²) in [6.45, 7) is 0. The first-order valence-electron chi connectivity index (χ1n) is 4.72. The molecule has 0 aliphatic heterocycles. The highest BCUT2D eigenvalue weighted by Gasteiger charge is 2.25. The number of rotatable bonds is 5. The third-order valence-electron chi connectivity index (χ3n) is 2.26. The number of methoxy groups -OCH3 is 3. The standard InChI is InChI=1S/C11H13ClO5/c1-15-7-5-4-6(8(12)10(7)17-3)9(16-2)11(13)14/h4-5,9H,1-3H3,(H,13,14). The molecule has 0 aliphatic carbocycles. The second-order valence-corrected chi connectivity index (χ2v) is 3.54. The van der Waals surface area contributed by atoms with Crippen LogP contribution in [0.15, 0.2) is 12.1 Å². The van der Waals surface area contributed by atoms with Crippen LogP contribution in [0.3, 0.4) is 0 Å². The lowest BCUT2D eigenvalue weighted by Crippen LogP contribution is -2.14. The summed E-state index contributed by atoms with van der Waals surface area (Å²) in [7, 11) is 4.20. The zero-order valence-electron chi connectivity index (χ0n) is 9.69. The van der Waals surface area contributed by atoms with Crippen LogP contribution in [-0.4, -0.2) is 32.4 Å². The van der Waals surface area contributed by atoms with E-state index in [0.717, 1.165) is 0 Å². The lowest BCUT2D eigenvalue weighted by atomic mass is 10.1. The summed E-state index contributed by atoms with van der Waals surface area (Å²) >= 11 is 6.06. The van der Waals surface area contributed by atoms with Crippen molar-refractivity contribution in [3.63, 3.8) is 0 Å². The molecule has 0 spiro atoms. The maximum atomic E-state index is 11.0. The van der Waals surface area contributed by atoms with Crippen LogP contribution >= 0.6 is 11.6 Å². The van der Waals surface area contributed by atoms with Crippen molar-refractivity contribution in [2.75, 3.05) is 21.3 Å². The van der Waals surface area contributed by atoms with Gasteiger partial charge in [0.25, 0.3) is 0 Å². The number of benzene rings is 1. The van der Waals surface area contributed by atoms with Crippen LogP contribution in [0.5, 0.6) is 11.5 Å². The normalized spacial score (nSPS) is 12.0. The molecular weight excluding hydrogens is 248 g/mol. The molecule has 0 saturated heterocycles. The summed E-state index contributed by atoms with van der Waals surface area (Å²) in [6.07, 6.45) is -1.14. The van der Waals surface area contributed by atoms with Crippen molar-refractivity contribution in [3.8, 4) is 11.5 Å². The molecule has 0 fully saturated rings. The van der Waals surface area contributed by atoms with Gasteiger partial charge in [-0.1, -0.05) is 17.7 Å². The first kappa shape index (κ1) is 13.6. The van der Waals surface area contributed by atoms with E-state index in [4.69, 9.17) is 30.9 Å². The fraction of sp³-hybridized carbons (Fsp3) is 0.364. The highest BCUT2D eigenvalue weighted by Crippen LogP contribution is 2.40. The summed E-state index contributed by atoms with van der Waals surface area (Å²) in [5.74, 6) is -0.405. The Balaban J connectivity index is 3.31. The zero-order chi connectivity index (χ0) is 13.0. The van der Waals surface area contributed by atoms with Crippen molar-refractivity contribution >= 4 is 17.6 Å². The highest BCUT2D eigenvalue weighted by molar-refractivity contribution is 6.33. The van der Waals surface area contributed by atoms with Crippen molar-refractivity contribution in [1.29, 1.82) is 0 Å². The Morgan fingerprint density at radius 2 is 1.94 bits per heavy atom. The van der Waals surface area contributed by atoms with Crippen molar-refractivity contribution in [2.45, 2.75) is 6.10 Å². The number of hydrogen-bond donors (Lipinski definition) is 1. The molecular formula is C11H13ClO5. The number of aliphatic carboxylic acids is 1. The van der Waals surface area contributed by atoms with Gasteiger partial charge >= 0.3 is 5.97 Å². The number of carboxylic acid groups (broad SMARTS) is 1. The lowest BCUT2D eigenvalue weighted by molar-refractivity contribution is -0.148. The van der Waals surface area contributed by atoms with Crippen LogP contribution in [0.2, 0.25) is 5.02 Å². The second kappa shape index (κ2) is 5.75. The van der Waals surface area contributed by atoms with Crippen LogP contribution < -0.4 is 9.47 Å². The molecule has 1 unspecified atom stereocenters. The van der Waals surface area contributed by atoms with E-state index in [1.165, 1.54) is 27.4 Å². The third-order valence-corrected chi connectivity index (χ3v) is 2.65. The highest BCUT2D eigenvalue weighted by atomic mass is 35.5. The molecule has 94 valence electrons. The van der Waals surface area contributed by atoms with Crippen LogP contribution in [0.1, 0.15) is 11.7 Å². The molecule has 5 nitrogen and oxygen atoms in total. The van der Waals surface area contributed by atoms with Crippen LogP contribution in [0.4, 0.5) is 0 Å². The minimum atomic E-state index is -1.14. The number of halogens is 1. The molecule has 1 N–H and O–H groups in total. The minimum Gasteiger partial charge on any atom is -0.493 e. The van der Waals surface area contributed by atoms with Gasteiger partial charge in [-0.2, -0.15) is 0 Å². The molecule has 1 aromatic carbocycles. The van der Waals surface area contributed by atoms with Crippen LogP contribution in [0.25, 0.3) is 0 Å². The van der Waals surface area contributed by atoms with E-state index < -0.39 is 12.1 Å². The average Bonchev–Trinajstić information content (AvgIpc) is 2.31. The second-order valence-electron chi connectivity index (χ2n) is 3.16. The molecule has 1 atom stereocenters. The van der Waals surface area contributed by atoms with Gasteiger partial charge in [0.15, 0.2) is 17.6 Å². The lowest BCUT2D eigenvalue weighted by Gasteiger charge is -2.16. The molecule has 17 heavy (non-hydrogen) atoms. The van der Waals surface area contributed by atoms with Crippen molar-refractivity contribution in [3.05, 3.63) is 22.7 Å². The summed E-state index contributed by atoms with van der Waals surface area (Å²) in [5.41, 5.74) is 0.319. The van der Waals surface area contributed by atoms with Gasteiger partial charge < -0.3 is 19.3 Å². The fourth-order valence-corrected chi connectivity index (χ4v) is 1.80. The van der Waals surface area contributed by atoms with Gasteiger partial charge in [0, 0.05) is 12.7 Å². The van der Waals surface area contributed by atoms with Gasteiger partial charge in [0.05, 0.1) is 19.2 Å². The van der Waals surface area contributed by atoms with E-state index >= 15 is 0 Å². The van der Waals surface area contributed by atoms with Crippen molar-refractivity contribution in [2.24, 2.45) is 0 Å². The first-order valence-corrected chi connectivity index (χ1v) is 5.10. The molecule has 0 aromatic heterocycles. The zero-order valence-corrected chi connectivity index (χ0v) is 10.4. The summed E-state index contributed by atoms with van der Waals surface area (Å²) < 4.78 is 15.0. The smallest absolute Gasteiger partial charge is 0.337 e. The Morgan fingerprint density at radius 3 is 2.35 bits per heavy atom. The predicted molar refractivity (Wildman–Crippen MR) is 61.9 cm³/mol. The van der Waals surface area contributed by atoms with E-state index in [1.54, 1.807) is 6.07 Å². The van der Waals surface area contributed by atoms with E-state index in [1.807, 2.05) is 0 Å². The predicted octanol–water partition coefficient (Wildman–Crippen LogP) is 2.13. The van der Waals surface area contributed by atoms with E-state index in [0.29, 0.717) is 11.3 Å². The van der Waals surface area contributed by atoms with Gasteiger partial charge in [-0.3, -0.25) is 0 Å². The molecule has 1 rings (SSSR count). The van der Waals surface area contributed by atoms with Crippen LogP contribution in [0, 0.1) is 0 Å². The number of carboxylic acids is 1. The third kappa shape index (κ3) is 2.62. The molecule has 1 aromatic rings. The summed E-state index contributed by atoms with van der Waals surface area (Å²) in [5, 5.41) is 9.15. The maximum Gasteiger partial charge on any atom is 0.337 e. The minimum absolute atomic E-state index is 0.168. The van der Waals surface area contributed by atoms with Crippen molar-refractivity contribution in [1.82, 2.24) is 0 Å². The Bertz CT molecular complexity index is 419. The van der Waals surface area contributed by atoms with Gasteiger partial charge in [0.1, 0.15) is 0 Å². The van der Waals surface area contributed by atoms with E-state index in [9.17, 15) is 4.79 Å². The summed E-state index contributed by atoms with van der Waals surface area (Å²) in [6, 6.07) is 3.11. The Hall–Kier alpha value is -1.46. The molecule has 0 bridgehead atoms.